The van der Waals surface area contributed by atoms with Crippen LogP contribution < -0.4 is 0 Å². The van der Waals surface area contributed by atoms with Gasteiger partial charge in [-0.2, -0.15) is 0 Å². The minimum Gasteiger partial charge on any atom is -0.0622 e. The van der Waals surface area contributed by atoms with Gasteiger partial charge >= 0.3 is 0 Å². The molecule has 0 amide bonds. The van der Waals surface area contributed by atoms with E-state index in [-0.39, 0.29) is 0 Å². The Morgan fingerprint density at radius 1 is 0.394 bits per heavy atom. The molecule has 2 aliphatic rings. The minimum atomic E-state index is 1.02. The lowest BCUT2D eigenvalue weighted by Crippen LogP contribution is -1.97. The Morgan fingerprint density at radius 2 is 0.788 bits per heavy atom. The number of allylic oxidation sites excluding steroid dienone is 4. The second kappa shape index (κ2) is 8.71. The Balaban J connectivity index is 1.40. The zero-order chi connectivity index (χ0) is 22.0. The molecule has 2 aliphatic carbocycles. The Morgan fingerprint density at radius 3 is 1.24 bits per heavy atom. The van der Waals surface area contributed by atoms with Crippen LogP contribution in [-0.2, 0) is 25.7 Å². The first-order valence-corrected chi connectivity index (χ1v) is 12.0. The zero-order valence-corrected chi connectivity index (χ0v) is 18.9. The van der Waals surface area contributed by atoms with E-state index in [4.69, 9.17) is 0 Å². The fraction of sp³-hybridized carbons (Fsp3) is 0.152. The number of rotatable bonds is 6. The summed E-state index contributed by atoms with van der Waals surface area (Å²) in [5, 5.41) is 0. The second-order valence-corrected chi connectivity index (χ2v) is 9.33. The summed E-state index contributed by atoms with van der Waals surface area (Å²) < 4.78 is 0. The first-order valence-electron chi connectivity index (χ1n) is 12.0. The molecule has 0 bridgehead atoms. The highest BCUT2D eigenvalue weighted by molar-refractivity contribution is 5.82. The van der Waals surface area contributed by atoms with Crippen LogP contribution in [0.25, 0.3) is 11.1 Å². The van der Waals surface area contributed by atoms with E-state index in [9.17, 15) is 0 Å². The van der Waals surface area contributed by atoms with Gasteiger partial charge in [0.25, 0.3) is 0 Å². The summed E-state index contributed by atoms with van der Waals surface area (Å²) in [5.41, 5.74) is 15.0. The Kier molecular flexibility index (Phi) is 5.28. The third-order valence-electron chi connectivity index (χ3n) is 7.22. The summed E-state index contributed by atoms with van der Waals surface area (Å²) in [6.45, 7) is 0. The van der Waals surface area contributed by atoms with Crippen LogP contribution in [0.5, 0.6) is 0 Å². The number of hydrogen-bond acceptors (Lipinski definition) is 0. The molecule has 0 unspecified atom stereocenters. The summed E-state index contributed by atoms with van der Waals surface area (Å²) >= 11 is 0. The summed E-state index contributed by atoms with van der Waals surface area (Å²) in [4.78, 5) is 0. The Hall–Kier alpha value is -3.64. The minimum absolute atomic E-state index is 1.02. The van der Waals surface area contributed by atoms with Gasteiger partial charge in [-0.25, -0.2) is 0 Å². The highest BCUT2D eigenvalue weighted by Gasteiger charge is 2.26. The van der Waals surface area contributed by atoms with E-state index >= 15 is 0 Å². The van der Waals surface area contributed by atoms with Crippen molar-refractivity contribution >= 4 is 11.1 Å². The Bertz CT molecular complexity index is 1250. The van der Waals surface area contributed by atoms with Gasteiger partial charge in [-0.15, -0.1) is 0 Å². The molecule has 0 nitrogen and oxygen atoms in total. The van der Waals surface area contributed by atoms with Crippen LogP contribution in [0.3, 0.4) is 0 Å². The fourth-order valence-electron chi connectivity index (χ4n) is 5.63. The fourth-order valence-corrected chi connectivity index (χ4v) is 5.63. The van der Waals surface area contributed by atoms with Gasteiger partial charge in [0.05, 0.1) is 0 Å². The number of fused-ring (bicyclic) bond motifs is 2. The van der Waals surface area contributed by atoms with E-state index < -0.39 is 0 Å². The van der Waals surface area contributed by atoms with E-state index in [1.807, 2.05) is 0 Å². The molecular formula is C33H28. The smallest absolute Gasteiger partial charge is 0.00199 e. The van der Waals surface area contributed by atoms with Crippen molar-refractivity contribution in [2.45, 2.75) is 32.1 Å². The molecule has 0 saturated carbocycles. The second-order valence-electron chi connectivity index (χ2n) is 9.33. The maximum atomic E-state index is 2.32. The van der Waals surface area contributed by atoms with Crippen LogP contribution in [-0.4, -0.2) is 0 Å². The van der Waals surface area contributed by atoms with Gasteiger partial charge in [0.1, 0.15) is 0 Å². The summed E-state index contributed by atoms with van der Waals surface area (Å²) in [6, 6.07) is 39.9. The first-order chi connectivity index (χ1) is 16.3. The van der Waals surface area contributed by atoms with Crippen LogP contribution in [0.15, 0.2) is 120 Å². The van der Waals surface area contributed by atoms with E-state index in [0.29, 0.717) is 0 Å². The number of hydrogen-bond donors (Lipinski definition) is 0. The van der Waals surface area contributed by atoms with Crippen molar-refractivity contribution < 1.29 is 0 Å². The van der Waals surface area contributed by atoms with Gasteiger partial charge in [-0.3, -0.25) is 0 Å². The van der Waals surface area contributed by atoms with Gasteiger partial charge in [-0.1, -0.05) is 120 Å². The molecule has 160 valence electrons. The average molecular weight is 425 g/mol. The van der Waals surface area contributed by atoms with Crippen LogP contribution >= 0.6 is 0 Å². The van der Waals surface area contributed by atoms with Gasteiger partial charge in [0.15, 0.2) is 0 Å². The first kappa shape index (κ1) is 20.0. The molecule has 4 aromatic rings. The van der Waals surface area contributed by atoms with Gasteiger partial charge in [-0.05, 0) is 76.6 Å². The van der Waals surface area contributed by atoms with Crippen LogP contribution in [0, 0.1) is 0 Å². The topological polar surface area (TPSA) is 0 Å². The SMILES string of the molecule is c1ccc(CC2=C(CC3=C(Cc4ccccc4)c4ccccc4C3)Cc3ccccc32)cc1. The summed E-state index contributed by atoms with van der Waals surface area (Å²) in [5.74, 6) is 0. The lowest BCUT2D eigenvalue weighted by molar-refractivity contribution is 0.997. The molecule has 4 aromatic carbocycles. The molecular weight excluding hydrogens is 396 g/mol. The summed E-state index contributed by atoms with van der Waals surface area (Å²) in [7, 11) is 0. The van der Waals surface area contributed by atoms with E-state index in [0.717, 1.165) is 32.1 Å². The van der Waals surface area contributed by atoms with Crippen molar-refractivity contribution in [1.82, 2.24) is 0 Å². The van der Waals surface area contributed by atoms with Crippen molar-refractivity contribution in [3.63, 3.8) is 0 Å². The molecule has 0 aliphatic heterocycles. The molecule has 0 atom stereocenters. The van der Waals surface area contributed by atoms with Crippen molar-refractivity contribution in [1.29, 1.82) is 0 Å². The van der Waals surface area contributed by atoms with Crippen LogP contribution in [0.1, 0.15) is 39.8 Å². The zero-order valence-electron chi connectivity index (χ0n) is 18.9. The maximum Gasteiger partial charge on any atom is -0.00199 e. The third kappa shape index (κ3) is 3.98. The average Bonchev–Trinajstić information content (AvgIpc) is 3.38. The van der Waals surface area contributed by atoms with E-state index in [1.165, 1.54) is 33.4 Å². The van der Waals surface area contributed by atoms with Crippen molar-refractivity contribution in [3.05, 3.63) is 154 Å². The molecule has 0 radical (unpaired) electrons. The quantitative estimate of drug-likeness (QED) is 0.295. The largest absolute Gasteiger partial charge is 0.0622 e. The van der Waals surface area contributed by atoms with Gasteiger partial charge in [0.2, 0.25) is 0 Å². The highest BCUT2D eigenvalue weighted by atomic mass is 14.3. The molecule has 0 N–H and O–H groups in total. The van der Waals surface area contributed by atoms with Crippen molar-refractivity contribution in [3.8, 4) is 0 Å². The van der Waals surface area contributed by atoms with E-state index in [2.05, 4.69) is 109 Å². The summed E-state index contributed by atoms with van der Waals surface area (Å²) in [6.07, 6.45) is 5.27. The monoisotopic (exact) mass is 424 g/mol. The third-order valence-corrected chi connectivity index (χ3v) is 7.22. The molecule has 0 aromatic heterocycles. The Labute approximate surface area is 196 Å². The van der Waals surface area contributed by atoms with Crippen molar-refractivity contribution in [2.75, 3.05) is 0 Å². The predicted molar refractivity (Wildman–Crippen MR) is 139 cm³/mol. The lowest BCUT2D eigenvalue weighted by atomic mass is 9.92. The molecule has 6 rings (SSSR count). The molecule has 0 heterocycles. The van der Waals surface area contributed by atoms with Crippen molar-refractivity contribution in [2.24, 2.45) is 0 Å². The molecule has 0 heteroatoms. The molecule has 0 spiro atoms. The molecule has 0 fully saturated rings. The standard InChI is InChI=1S/C33H28/c1-3-11-24(12-4-1)19-32-28(21-26-15-7-9-17-30(26)32)23-29-22-27-16-8-10-18-31(27)33(29)20-25-13-5-2-6-14-25/h1-18H,19-23H2. The normalized spacial score (nSPS) is 14.5. The predicted octanol–water partition coefficient (Wildman–Crippen LogP) is 7.88. The lowest BCUT2D eigenvalue weighted by Gasteiger charge is -2.13. The molecule has 33 heavy (non-hydrogen) atoms. The van der Waals surface area contributed by atoms with Crippen LogP contribution in [0.4, 0.5) is 0 Å². The highest BCUT2D eigenvalue weighted by Crippen LogP contribution is 2.43. The van der Waals surface area contributed by atoms with Gasteiger partial charge < -0.3 is 0 Å². The molecule has 0 saturated heterocycles. The maximum absolute atomic E-state index is 2.32. The van der Waals surface area contributed by atoms with Crippen LogP contribution in [0.2, 0.25) is 0 Å². The number of benzene rings is 4. The van der Waals surface area contributed by atoms with Gasteiger partial charge in [0, 0.05) is 0 Å². The van der Waals surface area contributed by atoms with E-state index in [1.54, 1.807) is 22.3 Å².